The number of anilines is 1. The predicted octanol–water partition coefficient (Wildman–Crippen LogP) is 2.61. The molecule has 1 amide bonds. The maximum Gasteiger partial charge on any atom is 0.401 e. The second-order valence-corrected chi connectivity index (χ2v) is 8.83. The summed E-state index contributed by atoms with van der Waals surface area (Å²) in [5.74, 6) is -0.0566. The van der Waals surface area contributed by atoms with E-state index in [9.17, 15) is 18.0 Å². The van der Waals surface area contributed by atoms with Crippen molar-refractivity contribution in [3.8, 4) is 0 Å². The molecule has 0 bridgehead atoms. The Kier molecular flexibility index (Phi) is 5.54. The van der Waals surface area contributed by atoms with Gasteiger partial charge in [-0.25, -0.2) is 0 Å². The van der Waals surface area contributed by atoms with E-state index >= 15 is 0 Å². The lowest BCUT2D eigenvalue weighted by Crippen LogP contribution is -2.44. The highest BCUT2D eigenvalue weighted by Crippen LogP contribution is 2.36. The minimum Gasteiger partial charge on any atom is -0.370 e. The SMILES string of the molecule is Cn1cc(C2=CC(C(N)=O)Nc3cc(CN4CCSC(C(F)(F)F)C4)ccc32)cn1. The van der Waals surface area contributed by atoms with E-state index in [1.165, 1.54) is 0 Å². The van der Waals surface area contributed by atoms with E-state index in [-0.39, 0.29) is 6.54 Å². The number of nitrogens with one attached hydrogen (secondary N) is 1. The first kappa shape index (κ1) is 20.8. The fraction of sp³-hybridized carbons (Fsp3) is 0.400. The van der Waals surface area contributed by atoms with Gasteiger partial charge in [0.15, 0.2) is 0 Å². The number of thioether (sulfide) groups is 1. The van der Waals surface area contributed by atoms with Crippen molar-refractivity contribution in [2.45, 2.75) is 24.0 Å². The Bertz CT molecular complexity index is 987. The van der Waals surface area contributed by atoms with Gasteiger partial charge in [0, 0.05) is 55.4 Å². The lowest BCUT2D eigenvalue weighted by atomic mass is 9.91. The molecule has 1 fully saturated rings. The Balaban J connectivity index is 1.59. The number of nitrogens with zero attached hydrogens (tertiary/aromatic N) is 3. The molecule has 3 heterocycles. The molecule has 1 aromatic carbocycles. The van der Waals surface area contributed by atoms with E-state index in [2.05, 4.69) is 10.4 Å². The zero-order chi connectivity index (χ0) is 21.5. The van der Waals surface area contributed by atoms with Crippen molar-refractivity contribution in [3.63, 3.8) is 0 Å². The summed E-state index contributed by atoms with van der Waals surface area (Å²) in [6.07, 6.45) is 1.15. The van der Waals surface area contributed by atoms with Gasteiger partial charge in [0.05, 0.1) is 6.20 Å². The van der Waals surface area contributed by atoms with Gasteiger partial charge in [0.25, 0.3) is 0 Å². The zero-order valence-corrected chi connectivity index (χ0v) is 17.1. The molecule has 2 atom stereocenters. The van der Waals surface area contributed by atoms with Crippen molar-refractivity contribution < 1.29 is 18.0 Å². The Morgan fingerprint density at radius 3 is 2.87 bits per heavy atom. The van der Waals surface area contributed by atoms with Crippen LogP contribution in [0, 0.1) is 0 Å². The van der Waals surface area contributed by atoms with Crippen LogP contribution in [0.4, 0.5) is 18.9 Å². The number of aryl methyl sites for hydroxylation is 1. The predicted molar refractivity (Wildman–Crippen MR) is 111 cm³/mol. The number of benzene rings is 1. The average Bonchev–Trinajstić information content (AvgIpc) is 3.12. The number of primary amides is 1. The number of fused-ring (bicyclic) bond motifs is 1. The van der Waals surface area contributed by atoms with Crippen molar-refractivity contribution in [3.05, 3.63) is 53.4 Å². The van der Waals surface area contributed by atoms with Crippen LogP contribution in [0.2, 0.25) is 0 Å². The molecule has 2 aliphatic rings. The maximum atomic E-state index is 13.1. The Labute approximate surface area is 176 Å². The average molecular weight is 437 g/mol. The molecule has 160 valence electrons. The topological polar surface area (TPSA) is 76.2 Å². The first-order valence-electron chi connectivity index (χ1n) is 9.51. The van der Waals surface area contributed by atoms with Crippen LogP contribution in [0.15, 0.2) is 36.7 Å². The molecular formula is C20H22F3N5OS. The molecule has 0 saturated carbocycles. The Hall–Kier alpha value is -2.46. The van der Waals surface area contributed by atoms with Gasteiger partial charge in [-0.1, -0.05) is 12.1 Å². The number of nitrogens with two attached hydrogens (primary N) is 1. The number of hydrogen-bond acceptors (Lipinski definition) is 5. The minimum atomic E-state index is -4.20. The summed E-state index contributed by atoms with van der Waals surface area (Å²) in [5.41, 5.74) is 9.74. The second kappa shape index (κ2) is 7.99. The molecule has 4 rings (SSSR count). The van der Waals surface area contributed by atoms with E-state index in [4.69, 9.17) is 5.73 Å². The monoisotopic (exact) mass is 437 g/mol. The molecule has 0 spiro atoms. The van der Waals surface area contributed by atoms with Crippen LogP contribution in [-0.2, 0) is 18.4 Å². The van der Waals surface area contributed by atoms with Crippen molar-refractivity contribution in [2.24, 2.45) is 12.8 Å². The number of amides is 1. The molecule has 1 aromatic heterocycles. The summed E-state index contributed by atoms with van der Waals surface area (Å²) in [4.78, 5) is 13.7. The van der Waals surface area contributed by atoms with Gasteiger partial charge in [-0.05, 0) is 23.3 Å². The van der Waals surface area contributed by atoms with Crippen LogP contribution >= 0.6 is 11.8 Å². The summed E-state index contributed by atoms with van der Waals surface area (Å²) in [6, 6.07) is 5.05. The van der Waals surface area contributed by atoms with E-state index in [0.29, 0.717) is 18.8 Å². The minimum absolute atomic E-state index is 0.0244. The van der Waals surface area contributed by atoms with Crippen LogP contribution in [0.25, 0.3) is 5.57 Å². The van der Waals surface area contributed by atoms with Gasteiger partial charge >= 0.3 is 6.18 Å². The highest BCUT2D eigenvalue weighted by molar-refractivity contribution is 8.00. The van der Waals surface area contributed by atoms with Gasteiger partial charge in [-0.3, -0.25) is 14.4 Å². The standard InChI is InChI=1S/C20H22F3N5OS/c1-27-10-13(8-25-27)15-7-17(19(24)29)26-16-6-12(2-3-14(15)16)9-28-4-5-30-18(11-28)20(21,22)23/h2-3,6-8,10,17-18,26H,4-5,9,11H2,1H3,(H2,24,29). The number of carbonyl (C=O) groups excluding carboxylic acids is 1. The highest BCUT2D eigenvalue weighted by atomic mass is 32.2. The van der Waals surface area contributed by atoms with E-state index in [0.717, 1.165) is 39.7 Å². The molecule has 30 heavy (non-hydrogen) atoms. The van der Waals surface area contributed by atoms with Crippen LogP contribution in [0.1, 0.15) is 16.7 Å². The van der Waals surface area contributed by atoms with Crippen molar-refractivity contribution in [1.29, 1.82) is 0 Å². The molecule has 0 radical (unpaired) electrons. The summed E-state index contributed by atoms with van der Waals surface area (Å²) in [6.45, 7) is 0.991. The quantitative estimate of drug-likeness (QED) is 0.769. The first-order valence-corrected chi connectivity index (χ1v) is 10.6. The molecule has 2 aromatic rings. The number of hydrogen-bond donors (Lipinski definition) is 2. The van der Waals surface area contributed by atoms with E-state index < -0.39 is 23.4 Å². The maximum absolute atomic E-state index is 13.1. The summed E-state index contributed by atoms with van der Waals surface area (Å²) >= 11 is 0.965. The molecule has 2 unspecified atom stereocenters. The fourth-order valence-electron chi connectivity index (χ4n) is 3.78. The van der Waals surface area contributed by atoms with Gasteiger partial charge < -0.3 is 11.1 Å². The number of aromatic nitrogens is 2. The summed E-state index contributed by atoms with van der Waals surface area (Å²) in [5, 5.41) is 5.97. The third-order valence-electron chi connectivity index (χ3n) is 5.26. The van der Waals surface area contributed by atoms with Crippen molar-refractivity contribution in [2.75, 3.05) is 24.2 Å². The molecule has 6 nitrogen and oxygen atoms in total. The lowest BCUT2D eigenvalue weighted by Gasteiger charge is -2.33. The third kappa shape index (κ3) is 4.34. The highest BCUT2D eigenvalue weighted by Gasteiger charge is 2.42. The first-order chi connectivity index (χ1) is 14.2. The largest absolute Gasteiger partial charge is 0.401 e. The van der Waals surface area contributed by atoms with Crippen LogP contribution in [0.5, 0.6) is 0 Å². The smallest absolute Gasteiger partial charge is 0.370 e. The number of halogens is 3. The molecule has 1 saturated heterocycles. The normalized spacial score (nSPS) is 22.2. The van der Waals surface area contributed by atoms with Crippen LogP contribution in [-0.4, -0.2) is 56.9 Å². The second-order valence-electron chi connectivity index (χ2n) is 7.52. The van der Waals surface area contributed by atoms with Gasteiger partial charge in [0.2, 0.25) is 5.91 Å². The third-order valence-corrected chi connectivity index (χ3v) is 6.50. The lowest BCUT2D eigenvalue weighted by molar-refractivity contribution is -0.133. The van der Waals surface area contributed by atoms with Crippen molar-refractivity contribution in [1.82, 2.24) is 14.7 Å². The van der Waals surface area contributed by atoms with Gasteiger partial charge in [-0.15, -0.1) is 11.8 Å². The molecule has 10 heteroatoms. The van der Waals surface area contributed by atoms with E-state index in [1.54, 1.807) is 17.0 Å². The number of rotatable bonds is 4. The fourth-order valence-corrected chi connectivity index (χ4v) is 4.93. The Morgan fingerprint density at radius 2 is 2.20 bits per heavy atom. The van der Waals surface area contributed by atoms with Gasteiger partial charge in [0.1, 0.15) is 11.3 Å². The molecule has 3 N–H and O–H groups in total. The zero-order valence-electron chi connectivity index (χ0n) is 16.3. The van der Waals surface area contributed by atoms with Gasteiger partial charge in [-0.2, -0.15) is 18.3 Å². The molecule has 2 aliphatic heterocycles. The van der Waals surface area contributed by atoms with Crippen molar-refractivity contribution >= 4 is 28.9 Å². The van der Waals surface area contributed by atoms with Crippen LogP contribution in [0.3, 0.4) is 0 Å². The van der Waals surface area contributed by atoms with E-state index in [1.807, 2.05) is 36.3 Å². The summed E-state index contributed by atoms with van der Waals surface area (Å²) < 4.78 is 40.9. The number of alkyl halides is 3. The van der Waals surface area contributed by atoms with Crippen LogP contribution < -0.4 is 11.1 Å². The molecular weight excluding hydrogens is 415 g/mol. The molecule has 0 aliphatic carbocycles. The summed E-state index contributed by atoms with van der Waals surface area (Å²) in [7, 11) is 1.81. The Morgan fingerprint density at radius 1 is 1.40 bits per heavy atom. The number of carbonyl (C=O) groups is 1.